The SMILES string of the molecule is CN(c1nccc(Nc2cc(C3CC3)[nH]n2)n1)C1CCC(NS(=O)(=O)c2ccc(C#N)cn2)CC1. The summed E-state index contributed by atoms with van der Waals surface area (Å²) in [7, 11) is -1.77. The van der Waals surface area contributed by atoms with Crippen molar-refractivity contribution >= 4 is 27.6 Å². The Bertz CT molecular complexity index is 1320. The van der Waals surface area contributed by atoms with Crippen LogP contribution in [0.15, 0.2) is 41.7 Å². The molecule has 3 aromatic heterocycles. The zero-order valence-electron chi connectivity index (χ0n) is 19.3. The van der Waals surface area contributed by atoms with Gasteiger partial charge in [-0.05, 0) is 56.7 Å². The van der Waals surface area contributed by atoms with E-state index in [1.165, 1.54) is 31.2 Å². The molecule has 0 saturated heterocycles. The van der Waals surface area contributed by atoms with Crippen LogP contribution in [0, 0.1) is 11.3 Å². The minimum atomic E-state index is -3.74. The van der Waals surface area contributed by atoms with Gasteiger partial charge in [0.05, 0.1) is 5.56 Å². The van der Waals surface area contributed by atoms with Crippen molar-refractivity contribution in [2.24, 2.45) is 0 Å². The summed E-state index contributed by atoms with van der Waals surface area (Å²) in [4.78, 5) is 15.1. The molecular formula is C23H27N9O2S. The Balaban J connectivity index is 1.17. The van der Waals surface area contributed by atoms with Crippen molar-refractivity contribution in [3.63, 3.8) is 0 Å². The number of hydrogen-bond donors (Lipinski definition) is 3. The topological polar surface area (TPSA) is 153 Å². The van der Waals surface area contributed by atoms with Crippen molar-refractivity contribution in [2.75, 3.05) is 17.3 Å². The fourth-order valence-electron chi connectivity index (χ4n) is 4.35. The normalized spacial score (nSPS) is 20.2. The minimum absolute atomic E-state index is 0.0744. The van der Waals surface area contributed by atoms with E-state index in [1.54, 1.807) is 6.20 Å². The molecule has 5 rings (SSSR count). The first-order chi connectivity index (χ1) is 16.9. The number of sulfonamides is 1. The van der Waals surface area contributed by atoms with Gasteiger partial charge in [0.1, 0.15) is 11.9 Å². The number of aromatic nitrogens is 5. The number of aromatic amines is 1. The number of rotatable bonds is 8. The molecule has 0 atom stereocenters. The van der Waals surface area contributed by atoms with Gasteiger partial charge in [-0.25, -0.2) is 23.1 Å². The highest BCUT2D eigenvalue weighted by Gasteiger charge is 2.29. The molecule has 3 N–H and O–H groups in total. The van der Waals surface area contributed by atoms with Crippen molar-refractivity contribution < 1.29 is 8.42 Å². The molecule has 2 aliphatic rings. The van der Waals surface area contributed by atoms with Crippen molar-refractivity contribution in [1.29, 1.82) is 5.26 Å². The highest BCUT2D eigenvalue weighted by Crippen LogP contribution is 2.39. The van der Waals surface area contributed by atoms with E-state index in [2.05, 4.69) is 40.1 Å². The zero-order valence-corrected chi connectivity index (χ0v) is 20.2. The van der Waals surface area contributed by atoms with Crippen LogP contribution in [-0.2, 0) is 10.0 Å². The second-order valence-corrected chi connectivity index (χ2v) is 10.7. The van der Waals surface area contributed by atoms with E-state index in [0.717, 1.165) is 24.4 Å². The quantitative estimate of drug-likeness (QED) is 0.430. The largest absolute Gasteiger partial charge is 0.341 e. The Morgan fingerprint density at radius 2 is 1.89 bits per heavy atom. The van der Waals surface area contributed by atoms with Crippen LogP contribution in [-0.4, -0.2) is 52.7 Å². The van der Waals surface area contributed by atoms with Crippen molar-refractivity contribution in [3.8, 4) is 6.07 Å². The van der Waals surface area contributed by atoms with Gasteiger partial charge in [-0.2, -0.15) is 15.3 Å². The standard InChI is InChI=1S/C23H27N9O2S/c1-32(23-25-11-10-20(28-23)27-21-12-19(29-30-21)16-3-4-16)18-7-5-17(6-8-18)31-35(33,34)22-9-2-15(13-24)14-26-22/h2,9-12,14,16-18,31H,3-8H2,1H3,(H2,25,27,28,29,30). The molecule has 0 amide bonds. The molecule has 11 nitrogen and oxygen atoms in total. The summed E-state index contributed by atoms with van der Waals surface area (Å²) in [5.74, 6) is 2.62. The summed E-state index contributed by atoms with van der Waals surface area (Å²) in [6.07, 6.45) is 8.40. The smallest absolute Gasteiger partial charge is 0.258 e. The predicted molar refractivity (Wildman–Crippen MR) is 130 cm³/mol. The molecular weight excluding hydrogens is 466 g/mol. The van der Waals surface area contributed by atoms with Gasteiger partial charge in [-0.3, -0.25) is 5.10 Å². The molecule has 3 heterocycles. The van der Waals surface area contributed by atoms with Crippen LogP contribution in [0.25, 0.3) is 0 Å². The Morgan fingerprint density at radius 1 is 1.09 bits per heavy atom. The van der Waals surface area contributed by atoms with Gasteiger partial charge in [0.15, 0.2) is 10.8 Å². The first-order valence-corrected chi connectivity index (χ1v) is 13.2. The van der Waals surface area contributed by atoms with Crippen LogP contribution in [0.3, 0.4) is 0 Å². The van der Waals surface area contributed by atoms with Gasteiger partial charge in [0.25, 0.3) is 10.0 Å². The molecule has 2 aliphatic carbocycles. The molecule has 35 heavy (non-hydrogen) atoms. The van der Waals surface area contributed by atoms with Gasteiger partial charge in [-0.15, -0.1) is 0 Å². The molecule has 0 aromatic carbocycles. The third kappa shape index (κ3) is 5.41. The average molecular weight is 494 g/mol. The van der Waals surface area contributed by atoms with Crippen LogP contribution < -0.4 is 14.9 Å². The van der Waals surface area contributed by atoms with Crippen LogP contribution in [0.2, 0.25) is 0 Å². The van der Waals surface area contributed by atoms with Crippen molar-refractivity contribution in [1.82, 2.24) is 29.9 Å². The van der Waals surface area contributed by atoms with E-state index in [4.69, 9.17) is 5.26 Å². The van der Waals surface area contributed by atoms with Gasteiger partial charge in [0, 0.05) is 49.2 Å². The molecule has 3 aromatic rings. The van der Waals surface area contributed by atoms with Crippen LogP contribution in [0.4, 0.5) is 17.6 Å². The Kier molecular flexibility index (Phi) is 6.36. The van der Waals surface area contributed by atoms with E-state index in [1.807, 2.05) is 25.2 Å². The molecule has 12 heteroatoms. The second-order valence-electron chi connectivity index (χ2n) is 9.08. The molecule has 0 unspecified atom stereocenters. The Morgan fingerprint density at radius 3 is 2.57 bits per heavy atom. The van der Waals surface area contributed by atoms with Crippen LogP contribution >= 0.6 is 0 Å². The summed E-state index contributed by atoms with van der Waals surface area (Å²) in [5.41, 5.74) is 1.47. The zero-order chi connectivity index (χ0) is 24.4. The van der Waals surface area contributed by atoms with E-state index in [-0.39, 0.29) is 17.1 Å². The molecule has 0 radical (unpaired) electrons. The highest BCUT2D eigenvalue weighted by molar-refractivity contribution is 7.89. The van der Waals surface area contributed by atoms with E-state index < -0.39 is 10.0 Å². The molecule has 0 aliphatic heterocycles. The number of nitrogens with one attached hydrogen (secondary N) is 3. The number of H-pyrrole nitrogens is 1. The molecule has 2 fully saturated rings. The Labute approximate surface area is 204 Å². The van der Waals surface area contributed by atoms with Crippen LogP contribution in [0.1, 0.15) is 55.7 Å². The average Bonchev–Trinajstić information content (AvgIpc) is 3.63. The van der Waals surface area contributed by atoms with Gasteiger partial charge < -0.3 is 10.2 Å². The number of pyridine rings is 1. The maximum Gasteiger partial charge on any atom is 0.258 e. The summed E-state index contributed by atoms with van der Waals surface area (Å²) in [6, 6.07) is 8.61. The minimum Gasteiger partial charge on any atom is -0.341 e. The lowest BCUT2D eigenvalue weighted by molar-refractivity contribution is 0.363. The first-order valence-electron chi connectivity index (χ1n) is 11.7. The summed E-state index contributed by atoms with van der Waals surface area (Å²) < 4.78 is 28.1. The third-order valence-electron chi connectivity index (χ3n) is 6.54. The third-order valence-corrected chi connectivity index (χ3v) is 7.97. The van der Waals surface area contributed by atoms with E-state index in [0.29, 0.717) is 36.1 Å². The monoisotopic (exact) mass is 493 g/mol. The maximum absolute atomic E-state index is 12.7. The second kappa shape index (κ2) is 9.59. The summed E-state index contributed by atoms with van der Waals surface area (Å²) in [5, 5.41) is 19.4. The lowest BCUT2D eigenvalue weighted by Crippen LogP contribution is -2.43. The van der Waals surface area contributed by atoms with Gasteiger partial charge >= 0.3 is 0 Å². The first kappa shape index (κ1) is 23.2. The fraction of sp³-hybridized carbons (Fsp3) is 0.435. The highest BCUT2D eigenvalue weighted by atomic mass is 32.2. The fourth-order valence-corrected chi connectivity index (χ4v) is 5.59. The number of nitrogens with zero attached hydrogens (tertiary/aromatic N) is 6. The molecule has 0 spiro atoms. The predicted octanol–water partition coefficient (Wildman–Crippen LogP) is 2.81. The molecule has 2 saturated carbocycles. The maximum atomic E-state index is 12.7. The van der Waals surface area contributed by atoms with E-state index >= 15 is 0 Å². The summed E-state index contributed by atoms with van der Waals surface area (Å²) >= 11 is 0. The molecule has 0 bridgehead atoms. The summed E-state index contributed by atoms with van der Waals surface area (Å²) in [6.45, 7) is 0. The lowest BCUT2D eigenvalue weighted by Gasteiger charge is -2.34. The Hall–Kier alpha value is -3.56. The van der Waals surface area contributed by atoms with Gasteiger partial charge in [0.2, 0.25) is 5.95 Å². The van der Waals surface area contributed by atoms with Crippen LogP contribution in [0.5, 0.6) is 0 Å². The van der Waals surface area contributed by atoms with E-state index in [9.17, 15) is 8.42 Å². The number of anilines is 3. The van der Waals surface area contributed by atoms with Gasteiger partial charge in [-0.1, -0.05) is 0 Å². The van der Waals surface area contributed by atoms with Crippen molar-refractivity contribution in [3.05, 3.63) is 47.9 Å². The number of hydrogen-bond acceptors (Lipinski definition) is 9. The van der Waals surface area contributed by atoms with Crippen molar-refractivity contribution in [2.45, 2.75) is 61.6 Å². The molecule has 182 valence electrons. The number of nitriles is 1. The lowest BCUT2D eigenvalue weighted by atomic mass is 9.91.